The standard InChI is InChI=1S/C20H27N5O3/c1-28-14-13-23-10-4-8-20(19(23)27)9-12-24(15-20)18(26)7-11-25-17-6-3-2-5-16(17)21-22-25/h2-3,5-6H,4,7-15H2,1H3/t20-/m1/s1. The fraction of sp³-hybridized carbons (Fsp3) is 0.600. The van der Waals surface area contributed by atoms with Crippen molar-refractivity contribution in [1.29, 1.82) is 0 Å². The molecule has 28 heavy (non-hydrogen) atoms. The summed E-state index contributed by atoms with van der Waals surface area (Å²) in [6.07, 6.45) is 2.98. The van der Waals surface area contributed by atoms with E-state index in [1.165, 1.54) is 0 Å². The third-order valence-electron chi connectivity index (χ3n) is 6.05. The van der Waals surface area contributed by atoms with Crippen LogP contribution >= 0.6 is 0 Å². The van der Waals surface area contributed by atoms with Crippen LogP contribution in [0, 0.1) is 5.41 Å². The molecule has 8 nitrogen and oxygen atoms in total. The summed E-state index contributed by atoms with van der Waals surface area (Å²) < 4.78 is 6.90. The van der Waals surface area contributed by atoms with Crippen molar-refractivity contribution >= 4 is 22.8 Å². The number of methoxy groups -OCH3 is 1. The number of aromatic nitrogens is 3. The van der Waals surface area contributed by atoms with Gasteiger partial charge in [-0.3, -0.25) is 9.59 Å². The lowest BCUT2D eigenvalue weighted by Gasteiger charge is -2.39. The molecule has 0 radical (unpaired) electrons. The van der Waals surface area contributed by atoms with E-state index < -0.39 is 5.41 Å². The van der Waals surface area contributed by atoms with Gasteiger partial charge in [-0.1, -0.05) is 17.3 Å². The van der Waals surface area contributed by atoms with Crippen LogP contribution in [0.25, 0.3) is 11.0 Å². The molecule has 2 saturated heterocycles. The molecule has 0 N–H and O–H groups in total. The number of fused-ring (bicyclic) bond motifs is 1. The van der Waals surface area contributed by atoms with Crippen LogP contribution in [0.15, 0.2) is 24.3 Å². The molecule has 1 atom stereocenters. The monoisotopic (exact) mass is 385 g/mol. The van der Waals surface area contributed by atoms with Crippen molar-refractivity contribution in [3.63, 3.8) is 0 Å². The van der Waals surface area contributed by atoms with Crippen molar-refractivity contribution in [1.82, 2.24) is 24.8 Å². The quantitative estimate of drug-likeness (QED) is 0.749. The molecule has 2 aromatic rings. The van der Waals surface area contributed by atoms with Gasteiger partial charge in [0.1, 0.15) is 5.52 Å². The number of ether oxygens (including phenoxy) is 1. The van der Waals surface area contributed by atoms with Crippen LogP contribution in [0.2, 0.25) is 0 Å². The molecule has 1 spiro atoms. The van der Waals surface area contributed by atoms with E-state index in [0.29, 0.717) is 39.2 Å². The SMILES string of the molecule is COCCN1CCC[C@]2(CCN(C(=O)CCn3nnc4ccccc43)C2)C1=O. The number of rotatable bonds is 6. The Hall–Kier alpha value is -2.48. The summed E-state index contributed by atoms with van der Waals surface area (Å²) in [5.41, 5.74) is 1.37. The molecule has 2 fully saturated rings. The van der Waals surface area contributed by atoms with E-state index in [9.17, 15) is 9.59 Å². The van der Waals surface area contributed by atoms with Crippen LogP contribution in [0.4, 0.5) is 0 Å². The minimum Gasteiger partial charge on any atom is -0.383 e. The molecule has 0 aliphatic carbocycles. The summed E-state index contributed by atoms with van der Waals surface area (Å²) in [4.78, 5) is 29.6. The number of amides is 2. The van der Waals surface area contributed by atoms with E-state index in [1.54, 1.807) is 11.8 Å². The van der Waals surface area contributed by atoms with Gasteiger partial charge in [-0.15, -0.1) is 5.10 Å². The number of para-hydroxylation sites is 1. The molecular weight excluding hydrogens is 358 g/mol. The van der Waals surface area contributed by atoms with E-state index >= 15 is 0 Å². The Bertz CT molecular complexity index is 866. The summed E-state index contributed by atoms with van der Waals surface area (Å²) in [6.45, 7) is 3.65. The summed E-state index contributed by atoms with van der Waals surface area (Å²) in [7, 11) is 1.65. The first kappa shape index (κ1) is 18.9. The van der Waals surface area contributed by atoms with E-state index in [0.717, 1.165) is 36.8 Å². The first-order valence-corrected chi connectivity index (χ1v) is 9.97. The Labute approximate surface area is 164 Å². The van der Waals surface area contributed by atoms with Gasteiger partial charge in [0, 0.05) is 39.7 Å². The van der Waals surface area contributed by atoms with Gasteiger partial charge >= 0.3 is 0 Å². The van der Waals surface area contributed by atoms with Crippen molar-refractivity contribution in [3.8, 4) is 0 Å². The number of carbonyl (C=O) groups excluding carboxylic acids is 2. The fourth-order valence-corrected chi connectivity index (χ4v) is 4.47. The normalized spacial score (nSPS) is 22.5. The Morgan fingerprint density at radius 1 is 1.21 bits per heavy atom. The van der Waals surface area contributed by atoms with Gasteiger partial charge in [0.05, 0.1) is 24.1 Å². The summed E-state index contributed by atoms with van der Waals surface area (Å²) >= 11 is 0. The Kier molecular flexibility index (Phi) is 5.30. The number of benzene rings is 1. The summed E-state index contributed by atoms with van der Waals surface area (Å²) in [5.74, 6) is 0.270. The molecular formula is C20H27N5O3. The van der Waals surface area contributed by atoms with Crippen LogP contribution in [-0.4, -0.2) is 76.5 Å². The Morgan fingerprint density at radius 3 is 2.93 bits per heavy atom. The molecule has 0 saturated carbocycles. The first-order valence-electron chi connectivity index (χ1n) is 9.97. The van der Waals surface area contributed by atoms with Crippen LogP contribution < -0.4 is 0 Å². The highest BCUT2D eigenvalue weighted by molar-refractivity contribution is 5.86. The second-order valence-corrected chi connectivity index (χ2v) is 7.79. The lowest BCUT2D eigenvalue weighted by molar-refractivity contribution is -0.146. The minimum absolute atomic E-state index is 0.0817. The fourth-order valence-electron chi connectivity index (χ4n) is 4.47. The molecule has 0 unspecified atom stereocenters. The van der Waals surface area contributed by atoms with Crippen molar-refractivity contribution < 1.29 is 14.3 Å². The molecule has 0 bridgehead atoms. The van der Waals surface area contributed by atoms with Gasteiger partial charge in [-0.05, 0) is 31.4 Å². The smallest absolute Gasteiger partial charge is 0.230 e. The maximum Gasteiger partial charge on any atom is 0.230 e. The van der Waals surface area contributed by atoms with Gasteiger partial charge in [-0.2, -0.15) is 0 Å². The second kappa shape index (κ2) is 7.87. The average Bonchev–Trinajstić information content (AvgIpc) is 3.33. The van der Waals surface area contributed by atoms with E-state index in [4.69, 9.17) is 4.74 Å². The highest BCUT2D eigenvalue weighted by Gasteiger charge is 2.49. The molecule has 150 valence electrons. The molecule has 2 amide bonds. The van der Waals surface area contributed by atoms with Gasteiger partial charge in [-0.25, -0.2) is 4.68 Å². The lowest BCUT2D eigenvalue weighted by Crippen LogP contribution is -2.51. The number of likely N-dealkylation sites (tertiary alicyclic amines) is 2. The summed E-state index contributed by atoms with van der Waals surface area (Å²) in [5, 5.41) is 8.28. The molecule has 8 heteroatoms. The van der Waals surface area contributed by atoms with Crippen LogP contribution in [-0.2, 0) is 20.9 Å². The highest BCUT2D eigenvalue weighted by Crippen LogP contribution is 2.40. The average molecular weight is 385 g/mol. The molecule has 4 rings (SSSR count). The zero-order chi connectivity index (χ0) is 19.6. The van der Waals surface area contributed by atoms with E-state index in [1.807, 2.05) is 34.1 Å². The largest absolute Gasteiger partial charge is 0.383 e. The maximum absolute atomic E-state index is 13.0. The van der Waals surface area contributed by atoms with Crippen molar-refractivity contribution in [3.05, 3.63) is 24.3 Å². The van der Waals surface area contributed by atoms with Gasteiger partial charge in [0.15, 0.2) is 0 Å². The second-order valence-electron chi connectivity index (χ2n) is 7.79. The number of piperidine rings is 1. The zero-order valence-corrected chi connectivity index (χ0v) is 16.3. The molecule has 1 aromatic carbocycles. The van der Waals surface area contributed by atoms with Crippen molar-refractivity contribution in [2.24, 2.45) is 5.41 Å². The third-order valence-corrected chi connectivity index (χ3v) is 6.05. The first-order chi connectivity index (χ1) is 13.6. The third kappa shape index (κ3) is 3.48. The number of hydrogen-bond donors (Lipinski definition) is 0. The van der Waals surface area contributed by atoms with E-state index in [2.05, 4.69) is 10.3 Å². The number of hydrogen-bond acceptors (Lipinski definition) is 5. The number of nitrogens with zero attached hydrogens (tertiary/aromatic N) is 5. The highest BCUT2D eigenvalue weighted by atomic mass is 16.5. The maximum atomic E-state index is 13.0. The molecule has 1 aromatic heterocycles. The van der Waals surface area contributed by atoms with E-state index in [-0.39, 0.29) is 11.8 Å². The van der Waals surface area contributed by atoms with Gasteiger partial charge in [0.25, 0.3) is 0 Å². The number of aryl methyl sites for hydroxylation is 1. The lowest BCUT2D eigenvalue weighted by atomic mass is 9.78. The minimum atomic E-state index is -0.401. The molecule has 2 aliphatic heterocycles. The van der Waals surface area contributed by atoms with Crippen LogP contribution in [0.3, 0.4) is 0 Å². The Balaban J connectivity index is 1.37. The molecule has 2 aliphatic rings. The predicted octanol–water partition coefficient (Wildman–Crippen LogP) is 1.31. The Morgan fingerprint density at radius 2 is 2.07 bits per heavy atom. The number of carbonyl (C=O) groups is 2. The summed E-state index contributed by atoms with van der Waals surface area (Å²) in [6, 6.07) is 7.74. The topological polar surface area (TPSA) is 80.6 Å². The van der Waals surface area contributed by atoms with Crippen molar-refractivity contribution in [2.45, 2.75) is 32.2 Å². The van der Waals surface area contributed by atoms with Crippen LogP contribution in [0.1, 0.15) is 25.7 Å². The van der Waals surface area contributed by atoms with Gasteiger partial charge in [0.2, 0.25) is 11.8 Å². The zero-order valence-electron chi connectivity index (χ0n) is 16.3. The molecule has 3 heterocycles. The van der Waals surface area contributed by atoms with Crippen LogP contribution in [0.5, 0.6) is 0 Å². The predicted molar refractivity (Wildman–Crippen MR) is 103 cm³/mol. The van der Waals surface area contributed by atoms with Crippen molar-refractivity contribution in [2.75, 3.05) is 39.9 Å². The van der Waals surface area contributed by atoms with Gasteiger partial charge < -0.3 is 14.5 Å².